The summed E-state index contributed by atoms with van der Waals surface area (Å²) >= 11 is 0. The summed E-state index contributed by atoms with van der Waals surface area (Å²) in [5, 5.41) is 0. The molecule has 8 heteroatoms. The summed E-state index contributed by atoms with van der Waals surface area (Å²) in [6.07, 6.45) is 2.91. The highest BCUT2D eigenvalue weighted by atomic mass is 19.3. The minimum absolute atomic E-state index is 0.0317. The summed E-state index contributed by atoms with van der Waals surface area (Å²) in [6.45, 7) is 6.56. The number of carbonyl (C=O) groups is 1. The monoisotopic (exact) mass is 459 g/mol. The first-order chi connectivity index (χ1) is 15.5. The molecule has 0 radical (unpaired) electrons. The lowest BCUT2D eigenvalue weighted by Gasteiger charge is -2.18. The molecule has 2 aromatic rings. The highest BCUT2D eigenvalue weighted by Gasteiger charge is 2.34. The van der Waals surface area contributed by atoms with E-state index in [1.54, 1.807) is 18.2 Å². The number of ether oxygens (including phenoxy) is 1. The molecular weight excluding hydrogens is 431 g/mol. The van der Waals surface area contributed by atoms with Gasteiger partial charge in [0.1, 0.15) is 11.4 Å². The number of fused-ring (bicyclic) bond motifs is 1. The van der Waals surface area contributed by atoms with Gasteiger partial charge < -0.3 is 14.5 Å². The molecule has 33 heavy (non-hydrogen) atoms. The maximum absolute atomic E-state index is 15.0. The molecule has 0 unspecified atom stereocenters. The molecule has 1 aromatic carbocycles. The number of nitrogens with zero attached hydrogens (tertiary/aromatic N) is 3. The van der Waals surface area contributed by atoms with E-state index in [0.717, 1.165) is 11.1 Å². The first kappa shape index (κ1) is 24.4. The van der Waals surface area contributed by atoms with E-state index in [-0.39, 0.29) is 31.0 Å². The van der Waals surface area contributed by atoms with Gasteiger partial charge in [0.15, 0.2) is 6.61 Å². The third-order valence-electron chi connectivity index (χ3n) is 5.37. The Hall–Kier alpha value is -3.29. The Labute approximate surface area is 192 Å². The third kappa shape index (κ3) is 5.56. The number of allylic oxidation sites excluding steroid dienone is 2. The van der Waals surface area contributed by atoms with Crippen molar-refractivity contribution in [3.63, 3.8) is 0 Å². The van der Waals surface area contributed by atoms with Crippen LogP contribution in [0.15, 0.2) is 48.8 Å². The van der Waals surface area contributed by atoms with Gasteiger partial charge in [0.2, 0.25) is 5.88 Å². The lowest BCUT2D eigenvalue weighted by molar-refractivity contribution is -0.0449. The van der Waals surface area contributed by atoms with Crippen molar-refractivity contribution in [1.29, 1.82) is 0 Å². The van der Waals surface area contributed by atoms with E-state index in [9.17, 15) is 18.0 Å². The molecule has 1 amide bonds. The number of alkyl halides is 2. The van der Waals surface area contributed by atoms with Crippen LogP contribution in [0.2, 0.25) is 0 Å². The van der Waals surface area contributed by atoms with Gasteiger partial charge in [-0.05, 0) is 41.3 Å². The predicted octanol–water partition coefficient (Wildman–Crippen LogP) is 5.28. The largest absolute Gasteiger partial charge is 0.471 e. The molecule has 0 spiro atoms. The van der Waals surface area contributed by atoms with Gasteiger partial charge in [0.05, 0.1) is 0 Å². The molecule has 0 saturated heterocycles. The number of hydrogen-bond donors (Lipinski definition) is 0. The maximum Gasteiger partial charge on any atom is 0.281 e. The Bertz CT molecular complexity index is 1100. The molecular formula is C25H28F3N3O2. The Balaban J connectivity index is 1.80. The van der Waals surface area contributed by atoms with Crippen LogP contribution in [0.25, 0.3) is 5.57 Å². The minimum atomic E-state index is -3.01. The molecule has 0 N–H and O–H groups in total. The van der Waals surface area contributed by atoms with Crippen LogP contribution in [0.3, 0.4) is 0 Å². The normalized spacial score (nSPS) is 13.8. The number of halogens is 3. The van der Waals surface area contributed by atoms with E-state index in [1.165, 1.54) is 24.1 Å². The first-order valence-corrected chi connectivity index (χ1v) is 10.6. The minimum Gasteiger partial charge on any atom is -0.471 e. The molecule has 0 bridgehead atoms. The second-order valence-corrected chi connectivity index (χ2v) is 8.40. The van der Waals surface area contributed by atoms with Gasteiger partial charge in [-0.3, -0.25) is 4.79 Å². The maximum atomic E-state index is 15.0. The Kier molecular flexibility index (Phi) is 7.15. The Morgan fingerprint density at radius 3 is 2.67 bits per heavy atom. The smallest absolute Gasteiger partial charge is 0.281 e. The van der Waals surface area contributed by atoms with Crippen molar-refractivity contribution >= 4 is 11.5 Å². The average molecular weight is 460 g/mol. The molecule has 1 aliphatic rings. The van der Waals surface area contributed by atoms with E-state index in [4.69, 9.17) is 4.74 Å². The lowest BCUT2D eigenvalue weighted by atomic mass is 9.99. The quantitative estimate of drug-likeness (QED) is 0.479. The van der Waals surface area contributed by atoms with Gasteiger partial charge in [0.25, 0.3) is 11.8 Å². The van der Waals surface area contributed by atoms with E-state index in [1.807, 2.05) is 32.1 Å². The zero-order chi connectivity index (χ0) is 24.3. The first-order valence-electron chi connectivity index (χ1n) is 10.6. The predicted molar refractivity (Wildman–Crippen MR) is 121 cm³/mol. The molecule has 3 rings (SSSR count). The van der Waals surface area contributed by atoms with Crippen LogP contribution in [0.4, 0.5) is 13.2 Å². The highest BCUT2D eigenvalue weighted by Crippen LogP contribution is 2.32. The molecule has 0 aliphatic carbocycles. The van der Waals surface area contributed by atoms with Crippen molar-refractivity contribution in [2.75, 3.05) is 20.7 Å². The van der Waals surface area contributed by atoms with Crippen molar-refractivity contribution in [3.8, 4) is 5.88 Å². The molecule has 1 aliphatic heterocycles. The van der Waals surface area contributed by atoms with Gasteiger partial charge in [-0.15, -0.1) is 0 Å². The number of rotatable bonds is 9. The summed E-state index contributed by atoms with van der Waals surface area (Å²) in [5.74, 6) is -4.00. The number of benzene rings is 1. The van der Waals surface area contributed by atoms with E-state index >= 15 is 0 Å². The van der Waals surface area contributed by atoms with Crippen LogP contribution in [0.5, 0.6) is 5.88 Å². The van der Waals surface area contributed by atoms with Gasteiger partial charge in [-0.1, -0.05) is 25.6 Å². The van der Waals surface area contributed by atoms with Crippen molar-refractivity contribution in [2.24, 2.45) is 0 Å². The number of aromatic nitrogens is 1. The molecule has 1 aromatic heterocycles. The summed E-state index contributed by atoms with van der Waals surface area (Å²) in [6, 6.07) is 6.50. The van der Waals surface area contributed by atoms with E-state index < -0.39 is 24.3 Å². The van der Waals surface area contributed by atoms with Gasteiger partial charge in [0, 0.05) is 51.6 Å². The summed E-state index contributed by atoms with van der Waals surface area (Å²) in [4.78, 5) is 20.3. The third-order valence-corrected chi connectivity index (χ3v) is 5.37. The summed E-state index contributed by atoms with van der Waals surface area (Å²) in [7, 11) is 3.75. The zero-order valence-electron chi connectivity index (χ0n) is 19.3. The second-order valence-electron chi connectivity index (χ2n) is 8.40. The lowest BCUT2D eigenvalue weighted by Crippen LogP contribution is -2.26. The van der Waals surface area contributed by atoms with Crippen molar-refractivity contribution in [3.05, 3.63) is 76.9 Å². The van der Waals surface area contributed by atoms with Gasteiger partial charge in [-0.2, -0.15) is 0 Å². The Morgan fingerprint density at radius 2 is 2.06 bits per heavy atom. The fourth-order valence-electron chi connectivity index (χ4n) is 3.53. The van der Waals surface area contributed by atoms with Crippen LogP contribution >= 0.6 is 0 Å². The number of carbonyl (C=O) groups excluding carboxylic acids is 1. The van der Waals surface area contributed by atoms with Gasteiger partial charge in [-0.25, -0.2) is 18.2 Å². The summed E-state index contributed by atoms with van der Waals surface area (Å²) < 4.78 is 47.4. The van der Waals surface area contributed by atoms with Crippen LogP contribution in [0.1, 0.15) is 47.3 Å². The summed E-state index contributed by atoms with van der Waals surface area (Å²) in [5.41, 5.74) is 3.41. The SMILES string of the molecule is C=C(C)/C(=C\N(C)C)c1ccc(CN2Cc3ccnc(OCC(F)(F)CC)c3C2=O)c(F)c1. The number of hydrogen-bond acceptors (Lipinski definition) is 4. The van der Waals surface area contributed by atoms with Gasteiger partial charge >= 0.3 is 0 Å². The highest BCUT2D eigenvalue weighted by molar-refractivity contribution is 6.00. The standard InChI is InChI=1S/C25H28F3N3O2/c1-6-25(27,28)15-33-23-22-19(9-10-29-23)13-31(24(22)32)12-18-8-7-17(11-21(18)26)20(16(2)3)14-30(4)5/h7-11,14H,2,6,12-13,15H2,1,3-5H3/b20-14+. The molecule has 5 nitrogen and oxygen atoms in total. The van der Waals surface area contributed by atoms with E-state index in [0.29, 0.717) is 16.7 Å². The topological polar surface area (TPSA) is 45.7 Å². The van der Waals surface area contributed by atoms with Crippen LogP contribution < -0.4 is 4.74 Å². The average Bonchev–Trinajstić information content (AvgIpc) is 3.07. The molecule has 0 atom stereocenters. The number of amides is 1. The second kappa shape index (κ2) is 9.68. The zero-order valence-corrected chi connectivity index (χ0v) is 19.3. The molecule has 176 valence electrons. The molecule has 0 saturated carbocycles. The molecule has 2 heterocycles. The fraction of sp³-hybridized carbons (Fsp3) is 0.360. The van der Waals surface area contributed by atoms with E-state index in [2.05, 4.69) is 11.6 Å². The van der Waals surface area contributed by atoms with Crippen molar-refractivity contribution in [1.82, 2.24) is 14.8 Å². The van der Waals surface area contributed by atoms with Crippen molar-refractivity contribution < 1.29 is 22.7 Å². The molecule has 0 fully saturated rings. The van der Waals surface area contributed by atoms with Crippen LogP contribution in [0, 0.1) is 5.82 Å². The van der Waals surface area contributed by atoms with Crippen LogP contribution in [-0.4, -0.2) is 47.3 Å². The van der Waals surface area contributed by atoms with Crippen molar-refractivity contribution in [2.45, 2.75) is 39.3 Å². The Morgan fingerprint density at radius 1 is 1.33 bits per heavy atom. The fourth-order valence-corrected chi connectivity index (χ4v) is 3.53. The number of pyridine rings is 1. The van der Waals surface area contributed by atoms with Crippen LogP contribution in [-0.2, 0) is 13.1 Å².